The van der Waals surface area contributed by atoms with Crippen LogP contribution < -0.4 is 10.2 Å². The van der Waals surface area contributed by atoms with Gasteiger partial charge in [-0.3, -0.25) is 0 Å². The molecule has 4 aromatic rings. The largest absolute Gasteiger partial charge is 0.369 e. The predicted octanol–water partition coefficient (Wildman–Crippen LogP) is 3.61. The molecular formula is C21H22ClFN6. The van der Waals surface area contributed by atoms with Gasteiger partial charge in [-0.25, -0.2) is 19.3 Å². The van der Waals surface area contributed by atoms with E-state index in [1.165, 1.54) is 6.07 Å². The maximum Gasteiger partial charge on any atom is 0.173 e. The van der Waals surface area contributed by atoms with E-state index in [-0.39, 0.29) is 18.2 Å². The summed E-state index contributed by atoms with van der Waals surface area (Å²) in [4.78, 5) is 15.7. The van der Waals surface area contributed by atoms with Crippen LogP contribution in [-0.4, -0.2) is 45.5 Å². The van der Waals surface area contributed by atoms with Crippen LogP contribution in [0.1, 0.15) is 12.1 Å². The molecule has 0 radical (unpaired) electrons. The van der Waals surface area contributed by atoms with Gasteiger partial charge in [0.2, 0.25) is 0 Å². The minimum atomic E-state index is -0.359. The Labute approximate surface area is 174 Å². The second-order valence-corrected chi connectivity index (χ2v) is 7.38. The molecule has 150 valence electrons. The first-order chi connectivity index (χ1) is 13.6. The summed E-state index contributed by atoms with van der Waals surface area (Å²) in [6.07, 6.45) is 6.65. The number of imidazole rings is 1. The van der Waals surface area contributed by atoms with Crippen molar-refractivity contribution in [2.75, 3.05) is 25.0 Å². The highest BCUT2D eigenvalue weighted by Gasteiger charge is 2.20. The lowest BCUT2D eigenvalue weighted by atomic mass is 10.1. The van der Waals surface area contributed by atoms with Gasteiger partial charge in [0, 0.05) is 43.0 Å². The van der Waals surface area contributed by atoms with Gasteiger partial charge in [0.1, 0.15) is 0 Å². The number of aryl methyl sites for hydroxylation is 1. The van der Waals surface area contributed by atoms with Crippen molar-refractivity contribution in [2.45, 2.75) is 19.4 Å². The molecule has 6 nitrogen and oxygen atoms in total. The van der Waals surface area contributed by atoms with E-state index < -0.39 is 0 Å². The molecule has 0 bridgehead atoms. The molecule has 29 heavy (non-hydrogen) atoms. The summed E-state index contributed by atoms with van der Waals surface area (Å²) in [6.45, 7) is 3.90. The van der Waals surface area contributed by atoms with E-state index in [1.807, 2.05) is 31.5 Å². The molecule has 1 N–H and O–H groups in total. The number of anilines is 1. The molecule has 1 saturated heterocycles. The number of halogens is 2. The Kier molecular flexibility index (Phi) is 5.10. The van der Waals surface area contributed by atoms with Crippen LogP contribution >= 0.6 is 12.4 Å². The third-order valence-corrected chi connectivity index (χ3v) is 5.44. The first-order valence-corrected chi connectivity index (χ1v) is 9.44. The highest BCUT2D eigenvalue weighted by Crippen LogP contribution is 2.26. The van der Waals surface area contributed by atoms with E-state index in [0.29, 0.717) is 28.6 Å². The van der Waals surface area contributed by atoms with Crippen LogP contribution in [0.2, 0.25) is 0 Å². The number of pyridine rings is 3. The Morgan fingerprint density at radius 1 is 1.21 bits per heavy atom. The van der Waals surface area contributed by atoms with Crippen molar-refractivity contribution in [3.8, 4) is 11.3 Å². The number of hydrogen-bond acceptors (Lipinski definition) is 5. The highest BCUT2D eigenvalue weighted by atomic mass is 35.5. The van der Waals surface area contributed by atoms with Crippen LogP contribution in [0.25, 0.3) is 27.9 Å². The van der Waals surface area contributed by atoms with Crippen LogP contribution in [0.4, 0.5) is 10.1 Å². The number of fused-ring (bicyclic) bond motifs is 2. The van der Waals surface area contributed by atoms with Crippen molar-refractivity contribution in [3.63, 3.8) is 0 Å². The van der Waals surface area contributed by atoms with E-state index in [9.17, 15) is 4.39 Å². The van der Waals surface area contributed by atoms with Gasteiger partial charge in [-0.15, -0.1) is 12.4 Å². The monoisotopic (exact) mass is 412 g/mol. The maximum atomic E-state index is 14.4. The molecule has 0 unspecified atom stereocenters. The molecule has 5 rings (SSSR count). The average molecular weight is 413 g/mol. The fourth-order valence-electron chi connectivity index (χ4n) is 3.85. The molecular weight excluding hydrogens is 391 g/mol. The fraction of sp³-hybridized carbons (Fsp3) is 0.286. The number of likely N-dealkylation sites (N-methyl/N-ethyl adjacent to an activating group) is 1. The fourth-order valence-corrected chi connectivity index (χ4v) is 3.85. The lowest BCUT2D eigenvalue weighted by Crippen LogP contribution is -2.33. The highest BCUT2D eigenvalue weighted by molar-refractivity contribution is 5.85. The Morgan fingerprint density at radius 2 is 2.07 bits per heavy atom. The molecule has 5 heterocycles. The summed E-state index contributed by atoms with van der Waals surface area (Å²) >= 11 is 0. The van der Waals surface area contributed by atoms with Gasteiger partial charge in [-0.2, -0.15) is 0 Å². The van der Waals surface area contributed by atoms with Crippen LogP contribution in [0, 0.1) is 12.7 Å². The van der Waals surface area contributed by atoms with Crippen LogP contribution in [0.5, 0.6) is 0 Å². The third-order valence-electron chi connectivity index (χ3n) is 5.44. The quantitative estimate of drug-likeness (QED) is 0.557. The first-order valence-electron chi connectivity index (χ1n) is 9.44. The normalized spacial score (nSPS) is 16.3. The molecule has 4 aromatic heterocycles. The van der Waals surface area contributed by atoms with E-state index in [4.69, 9.17) is 0 Å². The van der Waals surface area contributed by atoms with Gasteiger partial charge in [0.15, 0.2) is 17.1 Å². The molecule has 1 fully saturated rings. The van der Waals surface area contributed by atoms with Gasteiger partial charge in [-0.1, -0.05) is 0 Å². The molecule has 0 spiro atoms. The lowest BCUT2D eigenvalue weighted by molar-refractivity contribution is 0.630. The van der Waals surface area contributed by atoms with Crippen molar-refractivity contribution >= 4 is 34.8 Å². The Balaban J connectivity index is 0.00000205. The molecule has 1 atom stereocenters. The minimum Gasteiger partial charge on any atom is -0.369 e. The SMILES string of the molecule is Cc1cn2cc(-c3ccc4cc(N(C)[C@@H]5CCNC5)cnc4n3)cc(F)c2n1.Cl. The lowest BCUT2D eigenvalue weighted by Gasteiger charge is -2.25. The zero-order valence-corrected chi connectivity index (χ0v) is 17.1. The zero-order valence-electron chi connectivity index (χ0n) is 16.3. The van der Waals surface area contributed by atoms with E-state index in [2.05, 4.69) is 38.3 Å². The number of nitrogens with one attached hydrogen (secondary N) is 1. The van der Waals surface area contributed by atoms with Gasteiger partial charge in [0.05, 0.1) is 23.3 Å². The van der Waals surface area contributed by atoms with Gasteiger partial charge >= 0.3 is 0 Å². The Bertz CT molecular complexity index is 1180. The van der Waals surface area contributed by atoms with Crippen LogP contribution in [0.15, 0.2) is 42.9 Å². The maximum absolute atomic E-state index is 14.4. The van der Waals surface area contributed by atoms with Gasteiger partial charge < -0.3 is 14.6 Å². The summed E-state index contributed by atoms with van der Waals surface area (Å²) in [5, 5.41) is 4.36. The summed E-state index contributed by atoms with van der Waals surface area (Å²) in [5.74, 6) is -0.359. The van der Waals surface area contributed by atoms with E-state index in [1.54, 1.807) is 10.6 Å². The molecule has 0 saturated carbocycles. The Hall–Kier alpha value is -2.77. The second-order valence-electron chi connectivity index (χ2n) is 7.38. The number of hydrogen-bond donors (Lipinski definition) is 1. The van der Waals surface area contributed by atoms with E-state index >= 15 is 0 Å². The number of aromatic nitrogens is 4. The summed E-state index contributed by atoms with van der Waals surface area (Å²) in [5.41, 5.74) is 4.23. The van der Waals surface area contributed by atoms with Crippen LogP contribution in [0.3, 0.4) is 0 Å². The smallest absolute Gasteiger partial charge is 0.173 e. The van der Waals surface area contributed by atoms with Crippen molar-refractivity contribution in [1.29, 1.82) is 0 Å². The zero-order chi connectivity index (χ0) is 19.3. The summed E-state index contributed by atoms with van der Waals surface area (Å²) < 4.78 is 16.1. The van der Waals surface area contributed by atoms with Crippen molar-refractivity contribution in [2.24, 2.45) is 0 Å². The van der Waals surface area contributed by atoms with Crippen molar-refractivity contribution in [1.82, 2.24) is 24.7 Å². The molecule has 0 amide bonds. The predicted molar refractivity (Wildman–Crippen MR) is 115 cm³/mol. The van der Waals surface area contributed by atoms with Crippen molar-refractivity contribution < 1.29 is 4.39 Å². The number of nitrogens with zero attached hydrogens (tertiary/aromatic N) is 5. The molecule has 8 heteroatoms. The van der Waals surface area contributed by atoms with Crippen molar-refractivity contribution in [3.05, 3.63) is 54.4 Å². The third kappa shape index (κ3) is 3.52. The molecule has 0 aromatic carbocycles. The molecule has 1 aliphatic heterocycles. The first kappa shape index (κ1) is 19.5. The molecule has 0 aliphatic carbocycles. The second kappa shape index (κ2) is 7.57. The minimum absolute atomic E-state index is 0. The van der Waals surface area contributed by atoms with E-state index in [0.717, 1.165) is 36.3 Å². The van der Waals surface area contributed by atoms with Crippen LogP contribution in [-0.2, 0) is 0 Å². The van der Waals surface area contributed by atoms with Gasteiger partial charge in [-0.05, 0) is 44.2 Å². The summed E-state index contributed by atoms with van der Waals surface area (Å²) in [6, 6.07) is 7.98. The Morgan fingerprint density at radius 3 is 2.86 bits per heavy atom. The summed E-state index contributed by atoms with van der Waals surface area (Å²) in [7, 11) is 2.10. The average Bonchev–Trinajstić information content (AvgIpc) is 3.36. The number of rotatable bonds is 3. The standard InChI is InChI=1S/C21H21FN6.ClH/c1-13-11-28-12-15(8-18(22)21(28)25-13)19-4-3-14-7-17(10-24-20(14)26-19)27(2)16-5-6-23-9-16;/h3-4,7-8,10-12,16,23H,5-6,9H2,1-2H3;1H/t16-;/m1./s1. The van der Waals surface area contributed by atoms with Gasteiger partial charge in [0.25, 0.3) is 0 Å². The molecule has 1 aliphatic rings. The topological polar surface area (TPSA) is 58.4 Å².